The Morgan fingerprint density at radius 3 is 2.09 bits per heavy atom. The van der Waals surface area contributed by atoms with E-state index >= 15 is 0 Å². The molecule has 2 rings (SSSR count). The fourth-order valence-electron chi connectivity index (χ4n) is 3.26. The Balaban J connectivity index is 2.19. The van der Waals surface area contributed by atoms with Crippen LogP contribution in [0.25, 0.3) is 0 Å². The first-order valence-electron chi connectivity index (χ1n) is 6.68. The Morgan fingerprint density at radius 1 is 1.14 bits per heavy atom. The standard InChI is InChI=1S/C12H15F5O4S/c1-22(19,20)12(16,17)10(11(13,14)15)21-9(18)8-5-6-2-3-7(8)4-6/h6-8,10H,2-5H2,1H3. The average Bonchev–Trinajstić information content (AvgIpc) is 2.94. The molecule has 128 valence electrons. The van der Waals surface area contributed by atoms with E-state index in [1.54, 1.807) is 0 Å². The van der Waals surface area contributed by atoms with Gasteiger partial charge in [-0.05, 0) is 31.1 Å². The highest BCUT2D eigenvalue weighted by Gasteiger charge is 2.65. The van der Waals surface area contributed by atoms with Crippen LogP contribution in [-0.4, -0.2) is 38.2 Å². The van der Waals surface area contributed by atoms with E-state index in [2.05, 4.69) is 4.74 Å². The molecule has 0 aromatic rings. The minimum absolute atomic E-state index is 0.0306. The van der Waals surface area contributed by atoms with E-state index < -0.39 is 39.3 Å². The Labute approximate surface area is 123 Å². The maximum absolute atomic E-state index is 13.5. The second kappa shape index (κ2) is 5.31. The number of fused-ring (bicyclic) bond motifs is 2. The van der Waals surface area contributed by atoms with Gasteiger partial charge in [0, 0.05) is 6.26 Å². The molecule has 0 aromatic carbocycles. The van der Waals surface area contributed by atoms with Gasteiger partial charge in [0.05, 0.1) is 5.92 Å². The molecule has 22 heavy (non-hydrogen) atoms. The lowest BCUT2D eigenvalue weighted by Gasteiger charge is -2.29. The average molecular weight is 350 g/mol. The summed E-state index contributed by atoms with van der Waals surface area (Å²) in [5, 5.41) is -5.22. The van der Waals surface area contributed by atoms with E-state index in [4.69, 9.17) is 0 Å². The molecule has 0 heterocycles. The minimum atomic E-state index is -5.68. The molecule has 0 amide bonds. The third kappa shape index (κ3) is 3.07. The van der Waals surface area contributed by atoms with Gasteiger partial charge in [-0.25, -0.2) is 8.42 Å². The fourth-order valence-corrected chi connectivity index (χ4v) is 3.83. The first-order valence-corrected chi connectivity index (χ1v) is 8.57. The van der Waals surface area contributed by atoms with Crippen LogP contribution in [0.1, 0.15) is 25.7 Å². The van der Waals surface area contributed by atoms with Gasteiger partial charge < -0.3 is 4.74 Å². The molecule has 0 radical (unpaired) electrons. The summed E-state index contributed by atoms with van der Waals surface area (Å²) in [4.78, 5) is 11.8. The maximum Gasteiger partial charge on any atom is 0.432 e. The topological polar surface area (TPSA) is 60.4 Å². The van der Waals surface area contributed by atoms with Gasteiger partial charge in [0.2, 0.25) is 9.84 Å². The van der Waals surface area contributed by atoms with Crippen LogP contribution in [0.4, 0.5) is 22.0 Å². The van der Waals surface area contributed by atoms with Crippen molar-refractivity contribution in [3.8, 4) is 0 Å². The second-order valence-electron chi connectivity index (χ2n) is 5.97. The van der Waals surface area contributed by atoms with Gasteiger partial charge in [-0.2, -0.15) is 22.0 Å². The number of rotatable bonds is 4. The summed E-state index contributed by atoms with van der Waals surface area (Å²) in [6.45, 7) is 0. The van der Waals surface area contributed by atoms with E-state index in [1.807, 2.05) is 0 Å². The fraction of sp³-hybridized carbons (Fsp3) is 0.917. The van der Waals surface area contributed by atoms with E-state index in [0.29, 0.717) is 19.3 Å². The molecule has 2 bridgehead atoms. The van der Waals surface area contributed by atoms with Crippen molar-refractivity contribution >= 4 is 15.8 Å². The summed E-state index contributed by atoms with van der Waals surface area (Å²) >= 11 is 0. The highest BCUT2D eigenvalue weighted by atomic mass is 32.2. The van der Waals surface area contributed by atoms with Gasteiger partial charge in [-0.3, -0.25) is 4.79 Å². The largest absolute Gasteiger partial charge is 0.445 e. The molecule has 10 heteroatoms. The zero-order chi connectivity index (χ0) is 16.9. The predicted octanol–water partition coefficient (Wildman–Crippen LogP) is 2.53. The van der Waals surface area contributed by atoms with E-state index in [-0.39, 0.29) is 18.1 Å². The Kier molecular flexibility index (Phi) is 4.21. The number of alkyl halides is 5. The van der Waals surface area contributed by atoms with Crippen molar-refractivity contribution in [2.75, 3.05) is 6.26 Å². The van der Waals surface area contributed by atoms with Crippen LogP contribution >= 0.6 is 0 Å². The van der Waals surface area contributed by atoms with Gasteiger partial charge >= 0.3 is 17.4 Å². The summed E-state index contributed by atoms with van der Waals surface area (Å²) < 4.78 is 91.2. The highest BCUT2D eigenvalue weighted by molar-refractivity contribution is 7.91. The summed E-state index contributed by atoms with van der Waals surface area (Å²) in [6.07, 6.45) is -7.23. The quantitative estimate of drug-likeness (QED) is 0.577. The number of halogens is 5. The molecule has 2 aliphatic carbocycles. The zero-order valence-electron chi connectivity index (χ0n) is 11.6. The first kappa shape index (κ1) is 17.4. The highest BCUT2D eigenvalue weighted by Crippen LogP contribution is 2.49. The lowest BCUT2D eigenvalue weighted by atomic mass is 9.89. The molecule has 2 fully saturated rings. The van der Waals surface area contributed by atoms with Crippen molar-refractivity contribution in [3.05, 3.63) is 0 Å². The molecule has 0 N–H and O–H groups in total. The van der Waals surface area contributed by atoms with E-state index in [0.717, 1.165) is 6.42 Å². The van der Waals surface area contributed by atoms with Crippen LogP contribution in [0.5, 0.6) is 0 Å². The molecule has 0 aliphatic heterocycles. The lowest BCUT2D eigenvalue weighted by Crippen LogP contribution is -2.52. The number of hydrogen-bond acceptors (Lipinski definition) is 4. The second-order valence-corrected chi connectivity index (χ2v) is 8.06. The SMILES string of the molecule is CS(=O)(=O)C(F)(F)C(OC(=O)C1CC2CCC1C2)C(F)(F)F. The van der Waals surface area contributed by atoms with Crippen molar-refractivity contribution in [3.63, 3.8) is 0 Å². The Bertz CT molecular complexity index is 556. The van der Waals surface area contributed by atoms with Crippen molar-refractivity contribution in [2.45, 2.75) is 43.2 Å². The van der Waals surface area contributed by atoms with Crippen LogP contribution in [0.15, 0.2) is 0 Å². The number of hydrogen-bond donors (Lipinski definition) is 0. The van der Waals surface area contributed by atoms with Crippen LogP contribution in [0, 0.1) is 17.8 Å². The molecule has 4 atom stereocenters. The Hall–Kier alpha value is -0.930. The van der Waals surface area contributed by atoms with E-state index in [9.17, 15) is 35.2 Å². The summed E-state index contributed by atoms with van der Waals surface area (Å²) in [6, 6.07) is 0. The number of sulfone groups is 1. The van der Waals surface area contributed by atoms with Gasteiger partial charge in [-0.1, -0.05) is 6.42 Å². The predicted molar refractivity (Wildman–Crippen MR) is 64.7 cm³/mol. The number of esters is 1. The monoisotopic (exact) mass is 350 g/mol. The molecule has 4 nitrogen and oxygen atoms in total. The minimum Gasteiger partial charge on any atom is -0.445 e. The first-order chi connectivity index (χ1) is 9.84. The summed E-state index contributed by atoms with van der Waals surface area (Å²) in [5.41, 5.74) is 0. The summed E-state index contributed by atoms with van der Waals surface area (Å²) in [5.74, 6) is -2.22. The lowest BCUT2D eigenvalue weighted by molar-refractivity contribution is -0.260. The zero-order valence-corrected chi connectivity index (χ0v) is 12.4. The molecule has 0 spiro atoms. The summed E-state index contributed by atoms with van der Waals surface area (Å²) in [7, 11) is -5.39. The third-order valence-electron chi connectivity index (χ3n) is 4.37. The van der Waals surface area contributed by atoms with Crippen LogP contribution in [0.2, 0.25) is 0 Å². The molecule has 4 unspecified atom stereocenters. The van der Waals surface area contributed by atoms with Crippen molar-refractivity contribution in [1.82, 2.24) is 0 Å². The van der Waals surface area contributed by atoms with Gasteiger partial charge in [0.1, 0.15) is 0 Å². The normalized spacial score (nSPS) is 30.4. The van der Waals surface area contributed by atoms with Gasteiger partial charge in [0.15, 0.2) is 0 Å². The molecular formula is C12H15F5O4S. The molecular weight excluding hydrogens is 335 g/mol. The van der Waals surface area contributed by atoms with Crippen molar-refractivity contribution in [1.29, 1.82) is 0 Å². The smallest absolute Gasteiger partial charge is 0.432 e. The van der Waals surface area contributed by atoms with E-state index in [1.165, 1.54) is 0 Å². The molecule has 2 aliphatic rings. The Morgan fingerprint density at radius 2 is 1.73 bits per heavy atom. The number of carbonyl (C=O) groups is 1. The maximum atomic E-state index is 13.5. The van der Waals surface area contributed by atoms with Crippen LogP contribution in [-0.2, 0) is 19.4 Å². The van der Waals surface area contributed by atoms with Crippen LogP contribution in [0.3, 0.4) is 0 Å². The third-order valence-corrected chi connectivity index (χ3v) is 5.57. The number of carbonyl (C=O) groups excluding carboxylic acids is 1. The van der Waals surface area contributed by atoms with Crippen LogP contribution < -0.4 is 0 Å². The molecule has 2 saturated carbocycles. The van der Waals surface area contributed by atoms with Crippen molar-refractivity contribution < 1.29 is 39.9 Å². The van der Waals surface area contributed by atoms with Gasteiger partial charge in [-0.15, -0.1) is 0 Å². The molecule has 0 saturated heterocycles. The van der Waals surface area contributed by atoms with Gasteiger partial charge in [0.25, 0.3) is 6.10 Å². The molecule has 0 aromatic heterocycles. The van der Waals surface area contributed by atoms with Crippen molar-refractivity contribution in [2.24, 2.45) is 17.8 Å². The number of ether oxygens (including phenoxy) is 1.